The maximum atomic E-state index is 12.9. The summed E-state index contributed by atoms with van der Waals surface area (Å²) in [6.45, 7) is 0.923. The predicted octanol–water partition coefficient (Wildman–Crippen LogP) is 1.50. The van der Waals surface area contributed by atoms with Crippen molar-refractivity contribution in [2.45, 2.75) is 19.1 Å². The van der Waals surface area contributed by atoms with Crippen molar-refractivity contribution in [2.75, 3.05) is 11.4 Å². The fourth-order valence-electron chi connectivity index (χ4n) is 3.39. The van der Waals surface area contributed by atoms with Crippen LogP contribution in [-0.4, -0.2) is 29.5 Å². The van der Waals surface area contributed by atoms with Crippen molar-refractivity contribution in [1.82, 2.24) is 9.05 Å². The van der Waals surface area contributed by atoms with Crippen molar-refractivity contribution in [2.24, 2.45) is 0 Å². The van der Waals surface area contributed by atoms with Crippen LogP contribution in [0.5, 0.6) is 5.75 Å². The van der Waals surface area contributed by atoms with Crippen LogP contribution in [0.4, 0.5) is 5.69 Å². The molecule has 0 saturated carbocycles. The molecule has 1 atom stereocenters. The summed E-state index contributed by atoms with van der Waals surface area (Å²) in [6.07, 6.45) is 1.77. The van der Waals surface area contributed by atoms with E-state index >= 15 is 0 Å². The van der Waals surface area contributed by atoms with Crippen molar-refractivity contribution in [3.63, 3.8) is 0 Å². The summed E-state index contributed by atoms with van der Waals surface area (Å²) in [6, 6.07) is 17.6. The Morgan fingerprint density at radius 3 is 2.41 bits per heavy atom. The molecule has 2 radical (unpaired) electrons. The van der Waals surface area contributed by atoms with E-state index in [1.807, 2.05) is 54.6 Å². The molecular formula is C21H18BN3O4. The number of benzene rings is 2. The van der Waals surface area contributed by atoms with Crippen LogP contribution in [0.3, 0.4) is 0 Å². The first-order valence-corrected chi connectivity index (χ1v) is 9.22. The number of ether oxygens (including phenoxy) is 1. The quantitative estimate of drug-likeness (QED) is 0.622. The third-order valence-electron chi connectivity index (χ3n) is 4.95. The van der Waals surface area contributed by atoms with E-state index in [4.69, 9.17) is 12.7 Å². The maximum absolute atomic E-state index is 12.9. The molecule has 1 aliphatic rings. The van der Waals surface area contributed by atoms with Crippen LogP contribution in [-0.2, 0) is 11.4 Å². The summed E-state index contributed by atoms with van der Waals surface area (Å²) >= 11 is 0. The van der Waals surface area contributed by atoms with E-state index in [1.165, 1.54) is 16.8 Å². The van der Waals surface area contributed by atoms with Gasteiger partial charge in [0.05, 0.1) is 0 Å². The van der Waals surface area contributed by atoms with Crippen LogP contribution < -0.4 is 20.9 Å². The van der Waals surface area contributed by atoms with E-state index in [-0.39, 0.29) is 5.91 Å². The average molecular weight is 387 g/mol. The zero-order valence-electron chi connectivity index (χ0n) is 15.6. The Morgan fingerprint density at radius 1 is 0.966 bits per heavy atom. The Kier molecular flexibility index (Phi) is 5.08. The van der Waals surface area contributed by atoms with Crippen LogP contribution >= 0.6 is 0 Å². The Hall–Kier alpha value is -3.55. The standard InChI is InChI=1S/C21H18BN3O4/c22-25-19(26)11-13-24(21(25)28)18-10-12-23(20(18)27)16-6-8-17(9-7-16)29-14-15-4-2-1-3-5-15/h1-9,11,13,18H,10,12,14H2. The van der Waals surface area contributed by atoms with Gasteiger partial charge in [-0.1, -0.05) is 30.3 Å². The van der Waals surface area contributed by atoms with Crippen LogP contribution in [0.1, 0.15) is 18.0 Å². The van der Waals surface area contributed by atoms with Crippen molar-refractivity contribution >= 4 is 19.6 Å². The van der Waals surface area contributed by atoms with Gasteiger partial charge in [0.1, 0.15) is 18.4 Å². The summed E-state index contributed by atoms with van der Waals surface area (Å²) < 4.78 is 7.49. The van der Waals surface area contributed by atoms with E-state index in [2.05, 4.69) is 0 Å². The molecule has 4 rings (SSSR count). The Morgan fingerprint density at radius 2 is 1.69 bits per heavy atom. The predicted molar refractivity (Wildman–Crippen MR) is 109 cm³/mol. The molecule has 2 heterocycles. The number of aromatic nitrogens is 2. The number of hydrogen-bond donors (Lipinski definition) is 0. The van der Waals surface area contributed by atoms with Crippen LogP contribution in [0.25, 0.3) is 0 Å². The first-order chi connectivity index (χ1) is 14.0. The summed E-state index contributed by atoms with van der Waals surface area (Å²) in [4.78, 5) is 38.2. The molecular weight excluding hydrogens is 369 g/mol. The first-order valence-electron chi connectivity index (χ1n) is 9.22. The number of nitrogens with zero attached hydrogens (tertiary/aromatic N) is 3. The highest BCUT2D eigenvalue weighted by Crippen LogP contribution is 2.29. The molecule has 0 N–H and O–H groups in total. The van der Waals surface area contributed by atoms with Crippen molar-refractivity contribution in [3.05, 3.63) is 93.3 Å². The molecule has 144 valence electrons. The van der Waals surface area contributed by atoms with Gasteiger partial charge in [-0.15, -0.1) is 0 Å². The number of carbonyl (C=O) groups is 1. The summed E-state index contributed by atoms with van der Waals surface area (Å²) in [5, 5.41) is 0. The molecule has 1 unspecified atom stereocenters. The minimum Gasteiger partial charge on any atom is -0.489 e. The second-order valence-corrected chi connectivity index (χ2v) is 6.78. The molecule has 1 saturated heterocycles. The number of amides is 1. The van der Waals surface area contributed by atoms with Crippen LogP contribution in [0, 0.1) is 0 Å². The van der Waals surface area contributed by atoms with Gasteiger partial charge in [-0.2, -0.15) is 0 Å². The third-order valence-corrected chi connectivity index (χ3v) is 4.95. The minimum absolute atomic E-state index is 0.219. The molecule has 2 aromatic carbocycles. The average Bonchev–Trinajstić information content (AvgIpc) is 3.13. The highest BCUT2D eigenvalue weighted by Gasteiger charge is 2.34. The van der Waals surface area contributed by atoms with E-state index in [1.54, 1.807) is 4.90 Å². The monoisotopic (exact) mass is 387 g/mol. The van der Waals surface area contributed by atoms with Crippen molar-refractivity contribution in [3.8, 4) is 5.75 Å². The third kappa shape index (κ3) is 3.74. The van der Waals surface area contributed by atoms with Crippen LogP contribution in [0.15, 0.2) is 76.4 Å². The second-order valence-electron chi connectivity index (χ2n) is 6.78. The van der Waals surface area contributed by atoms with Gasteiger partial charge in [0.2, 0.25) is 19.4 Å². The molecule has 3 aromatic rings. The van der Waals surface area contributed by atoms with Crippen molar-refractivity contribution in [1.29, 1.82) is 0 Å². The van der Waals surface area contributed by atoms with E-state index in [9.17, 15) is 14.4 Å². The fraction of sp³-hybridized carbons (Fsp3) is 0.190. The lowest BCUT2D eigenvalue weighted by molar-refractivity contribution is -0.119. The highest BCUT2D eigenvalue weighted by atomic mass is 16.5. The van der Waals surface area contributed by atoms with E-state index in [0.717, 1.165) is 11.3 Å². The van der Waals surface area contributed by atoms with Gasteiger partial charge in [0.15, 0.2) is 0 Å². The van der Waals surface area contributed by atoms with E-state index < -0.39 is 17.3 Å². The molecule has 29 heavy (non-hydrogen) atoms. The zero-order valence-corrected chi connectivity index (χ0v) is 15.6. The van der Waals surface area contributed by atoms with Gasteiger partial charge in [-0.25, -0.2) is 4.79 Å². The topological polar surface area (TPSA) is 73.5 Å². The molecule has 1 amide bonds. The molecule has 0 spiro atoms. The Bertz CT molecular complexity index is 1140. The molecule has 1 aliphatic heterocycles. The second kappa shape index (κ2) is 7.83. The largest absolute Gasteiger partial charge is 0.489 e. The number of carbonyl (C=O) groups excluding carboxylic acids is 1. The normalized spacial score (nSPS) is 16.2. The molecule has 8 heteroatoms. The van der Waals surface area contributed by atoms with Crippen molar-refractivity contribution < 1.29 is 9.53 Å². The SMILES string of the molecule is [B]n1c(=O)ccn(C2CCN(c3ccc(OCc4ccccc4)cc3)C2=O)c1=O. The lowest BCUT2D eigenvalue weighted by Gasteiger charge is -2.18. The minimum atomic E-state index is -0.706. The molecule has 0 bridgehead atoms. The first kappa shape index (κ1) is 18.8. The van der Waals surface area contributed by atoms with Gasteiger partial charge >= 0.3 is 5.69 Å². The molecule has 0 aliphatic carbocycles. The van der Waals surface area contributed by atoms with E-state index in [0.29, 0.717) is 29.8 Å². The lowest BCUT2D eigenvalue weighted by Crippen LogP contribution is -2.41. The maximum Gasteiger partial charge on any atom is 0.318 e. The van der Waals surface area contributed by atoms with Gasteiger partial charge in [0.25, 0.3) is 0 Å². The lowest BCUT2D eigenvalue weighted by atomic mass is 10.2. The molecule has 7 nitrogen and oxygen atoms in total. The summed E-state index contributed by atoms with van der Waals surface area (Å²) in [7, 11) is 5.46. The Balaban J connectivity index is 1.47. The molecule has 1 aromatic heterocycles. The summed E-state index contributed by atoms with van der Waals surface area (Å²) in [5.41, 5.74) is 0.474. The number of anilines is 1. The highest BCUT2D eigenvalue weighted by molar-refractivity contribution is 6.06. The van der Waals surface area contributed by atoms with Crippen LogP contribution in [0.2, 0.25) is 0 Å². The molecule has 1 fully saturated rings. The van der Waals surface area contributed by atoms with Gasteiger partial charge in [-0.3, -0.25) is 14.2 Å². The number of rotatable bonds is 5. The van der Waals surface area contributed by atoms with Gasteiger partial charge in [0, 0.05) is 24.5 Å². The zero-order chi connectivity index (χ0) is 20.4. The number of hydrogen-bond acceptors (Lipinski definition) is 4. The Labute approximate surface area is 168 Å². The van der Waals surface area contributed by atoms with Gasteiger partial charge < -0.3 is 14.1 Å². The van der Waals surface area contributed by atoms with Gasteiger partial charge in [-0.05, 0) is 36.2 Å². The smallest absolute Gasteiger partial charge is 0.318 e. The summed E-state index contributed by atoms with van der Waals surface area (Å²) in [5.74, 6) is 0.482. The fourth-order valence-corrected chi connectivity index (χ4v) is 3.39.